The molecular formula is C20H29N3O4. The van der Waals surface area contributed by atoms with Crippen LogP contribution in [0.25, 0.3) is 0 Å². The predicted molar refractivity (Wildman–Crippen MR) is 102 cm³/mol. The molecule has 0 N–H and O–H groups in total. The summed E-state index contributed by atoms with van der Waals surface area (Å²) in [6.45, 7) is 6.89. The fourth-order valence-corrected chi connectivity index (χ4v) is 3.91. The van der Waals surface area contributed by atoms with Crippen LogP contribution >= 0.6 is 0 Å². The SMILES string of the molecule is CCOC(=O)N1CCC(N2CCN(C(=O)c3ccccc3OC)CC2)CC1. The molecule has 27 heavy (non-hydrogen) atoms. The molecule has 0 unspecified atom stereocenters. The Kier molecular flexibility index (Phi) is 6.55. The minimum Gasteiger partial charge on any atom is -0.496 e. The number of carbonyl (C=O) groups is 2. The number of carbonyl (C=O) groups excluding carboxylic acids is 2. The van der Waals surface area contributed by atoms with E-state index in [4.69, 9.17) is 9.47 Å². The summed E-state index contributed by atoms with van der Waals surface area (Å²) in [6.07, 6.45) is 1.71. The number of piperidine rings is 1. The van der Waals surface area contributed by atoms with Crippen LogP contribution in [0.2, 0.25) is 0 Å². The lowest BCUT2D eigenvalue weighted by molar-refractivity contribution is 0.0415. The monoisotopic (exact) mass is 375 g/mol. The van der Waals surface area contributed by atoms with Gasteiger partial charge in [-0.2, -0.15) is 0 Å². The highest BCUT2D eigenvalue weighted by molar-refractivity contribution is 5.97. The van der Waals surface area contributed by atoms with Crippen LogP contribution in [-0.4, -0.2) is 85.7 Å². The maximum Gasteiger partial charge on any atom is 0.409 e. The molecule has 148 valence electrons. The average Bonchev–Trinajstić information content (AvgIpc) is 2.73. The second-order valence-electron chi connectivity index (χ2n) is 6.95. The zero-order valence-electron chi connectivity index (χ0n) is 16.2. The van der Waals surface area contributed by atoms with E-state index in [1.165, 1.54) is 0 Å². The zero-order chi connectivity index (χ0) is 19.2. The molecule has 0 aromatic heterocycles. The molecule has 2 amide bonds. The van der Waals surface area contributed by atoms with Gasteiger partial charge in [0.2, 0.25) is 0 Å². The molecular weight excluding hydrogens is 346 g/mol. The number of para-hydroxylation sites is 1. The van der Waals surface area contributed by atoms with E-state index in [-0.39, 0.29) is 12.0 Å². The second kappa shape index (κ2) is 9.08. The molecule has 7 heteroatoms. The van der Waals surface area contributed by atoms with Gasteiger partial charge in [-0.05, 0) is 31.9 Å². The van der Waals surface area contributed by atoms with E-state index in [2.05, 4.69) is 4.90 Å². The normalized spacial score (nSPS) is 19.0. The number of amides is 2. The van der Waals surface area contributed by atoms with Gasteiger partial charge in [0.25, 0.3) is 5.91 Å². The highest BCUT2D eigenvalue weighted by Gasteiger charge is 2.31. The van der Waals surface area contributed by atoms with E-state index in [9.17, 15) is 9.59 Å². The zero-order valence-corrected chi connectivity index (χ0v) is 16.2. The summed E-state index contributed by atoms with van der Waals surface area (Å²) in [7, 11) is 1.59. The number of hydrogen-bond donors (Lipinski definition) is 0. The van der Waals surface area contributed by atoms with E-state index >= 15 is 0 Å². The van der Waals surface area contributed by atoms with Crippen molar-refractivity contribution in [2.45, 2.75) is 25.8 Å². The Morgan fingerprint density at radius 3 is 2.30 bits per heavy atom. The highest BCUT2D eigenvalue weighted by atomic mass is 16.6. The van der Waals surface area contributed by atoms with Gasteiger partial charge in [0.05, 0.1) is 19.3 Å². The largest absolute Gasteiger partial charge is 0.496 e. The number of nitrogens with zero attached hydrogens (tertiary/aromatic N) is 3. The third kappa shape index (κ3) is 4.53. The first-order chi connectivity index (χ1) is 13.1. The predicted octanol–water partition coefficient (Wildman–Crippen LogP) is 2.07. The summed E-state index contributed by atoms with van der Waals surface area (Å²) in [5, 5.41) is 0. The van der Waals surface area contributed by atoms with Crippen LogP contribution in [-0.2, 0) is 4.74 Å². The Morgan fingerprint density at radius 1 is 1.00 bits per heavy atom. The Bertz CT molecular complexity index is 650. The van der Waals surface area contributed by atoms with Crippen molar-refractivity contribution in [1.29, 1.82) is 0 Å². The van der Waals surface area contributed by atoms with Gasteiger partial charge in [0.1, 0.15) is 5.75 Å². The molecule has 2 fully saturated rings. The Hall–Kier alpha value is -2.28. The van der Waals surface area contributed by atoms with Gasteiger partial charge < -0.3 is 19.3 Å². The maximum absolute atomic E-state index is 12.8. The standard InChI is InChI=1S/C20H29N3O4/c1-3-27-20(25)23-10-8-16(9-11-23)21-12-14-22(15-13-21)19(24)17-6-4-5-7-18(17)26-2/h4-7,16H,3,8-15H2,1-2H3. The first-order valence-electron chi connectivity index (χ1n) is 9.72. The van der Waals surface area contributed by atoms with Crippen molar-refractivity contribution in [3.63, 3.8) is 0 Å². The molecule has 1 aromatic rings. The van der Waals surface area contributed by atoms with Crippen molar-refractivity contribution in [3.8, 4) is 5.75 Å². The smallest absolute Gasteiger partial charge is 0.409 e. The van der Waals surface area contributed by atoms with Crippen LogP contribution in [0.1, 0.15) is 30.1 Å². The topological polar surface area (TPSA) is 62.3 Å². The van der Waals surface area contributed by atoms with E-state index in [0.29, 0.717) is 24.0 Å². The van der Waals surface area contributed by atoms with Crippen LogP contribution < -0.4 is 4.74 Å². The van der Waals surface area contributed by atoms with Gasteiger partial charge in [-0.1, -0.05) is 12.1 Å². The van der Waals surface area contributed by atoms with Crippen molar-refractivity contribution in [1.82, 2.24) is 14.7 Å². The Labute approximate surface area is 160 Å². The number of benzene rings is 1. The van der Waals surface area contributed by atoms with E-state index in [0.717, 1.165) is 52.1 Å². The van der Waals surface area contributed by atoms with E-state index in [1.807, 2.05) is 36.1 Å². The minimum atomic E-state index is -0.205. The minimum absolute atomic E-state index is 0.0317. The molecule has 0 atom stereocenters. The fraction of sp³-hybridized carbons (Fsp3) is 0.600. The molecule has 0 aliphatic carbocycles. The van der Waals surface area contributed by atoms with E-state index < -0.39 is 0 Å². The molecule has 0 radical (unpaired) electrons. The fourth-order valence-electron chi connectivity index (χ4n) is 3.91. The molecule has 0 spiro atoms. The Balaban J connectivity index is 1.49. The summed E-state index contributed by atoms with van der Waals surface area (Å²) in [5.41, 5.74) is 0.621. The van der Waals surface area contributed by atoms with Gasteiger partial charge in [-0.15, -0.1) is 0 Å². The van der Waals surface area contributed by atoms with Crippen LogP contribution in [0.5, 0.6) is 5.75 Å². The molecule has 3 rings (SSSR count). The first-order valence-corrected chi connectivity index (χ1v) is 9.72. The average molecular weight is 375 g/mol. The summed E-state index contributed by atoms with van der Waals surface area (Å²) >= 11 is 0. The summed E-state index contributed by atoms with van der Waals surface area (Å²) in [4.78, 5) is 30.8. The molecule has 2 aliphatic rings. The number of ether oxygens (including phenoxy) is 2. The molecule has 7 nitrogen and oxygen atoms in total. The second-order valence-corrected chi connectivity index (χ2v) is 6.95. The number of hydrogen-bond acceptors (Lipinski definition) is 5. The lowest BCUT2D eigenvalue weighted by Crippen LogP contribution is -2.54. The van der Waals surface area contributed by atoms with Crippen molar-refractivity contribution < 1.29 is 19.1 Å². The number of methoxy groups -OCH3 is 1. The highest BCUT2D eigenvalue weighted by Crippen LogP contribution is 2.22. The van der Waals surface area contributed by atoms with Gasteiger partial charge >= 0.3 is 6.09 Å². The molecule has 2 heterocycles. The summed E-state index contributed by atoms with van der Waals surface area (Å²) in [6, 6.07) is 7.85. The molecule has 1 aromatic carbocycles. The van der Waals surface area contributed by atoms with Crippen molar-refractivity contribution >= 4 is 12.0 Å². The number of piperazine rings is 1. The van der Waals surface area contributed by atoms with Gasteiger partial charge in [0.15, 0.2) is 0 Å². The van der Waals surface area contributed by atoms with Crippen LogP contribution in [0.3, 0.4) is 0 Å². The molecule has 2 saturated heterocycles. The summed E-state index contributed by atoms with van der Waals surface area (Å²) < 4.78 is 10.4. The van der Waals surface area contributed by atoms with E-state index in [1.54, 1.807) is 12.0 Å². The van der Waals surface area contributed by atoms with Crippen molar-refractivity contribution in [2.24, 2.45) is 0 Å². The lowest BCUT2D eigenvalue weighted by atomic mass is 10.0. The first kappa shape index (κ1) is 19.5. The molecule has 0 saturated carbocycles. The third-order valence-corrected chi connectivity index (χ3v) is 5.45. The number of likely N-dealkylation sites (tertiary alicyclic amines) is 1. The third-order valence-electron chi connectivity index (χ3n) is 5.45. The van der Waals surface area contributed by atoms with Crippen LogP contribution in [0.4, 0.5) is 4.79 Å². The number of rotatable bonds is 4. The van der Waals surface area contributed by atoms with Crippen molar-refractivity contribution in [2.75, 3.05) is 53.0 Å². The lowest BCUT2D eigenvalue weighted by Gasteiger charge is -2.42. The van der Waals surface area contributed by atoms with Crippen LogP contribution in [0, 0.1) is 0 Å². The quantitative estimate of drug-likeness (QED) is 0.806. The molecule has 2 aliphatic heterocycles. The van der Waals surface area contributed by atoms with Gasteiger partial charge in [-0.25, -0.2) is 4.79 Å². The van der Waals surface area contributed by atoms with Crippen LogP contribution in [0.15, 0.2) is 24.3 Å². The van der Waals surface area contributed by atoms with Gasteiger partial charge in [0, 0.05) is 45.3 Å². The Morgan fingerprint density at radius 2 is 1.67 bits per heavy atom. The van der Waals surface area contributed by atoms with Gasteiger partial charge in [-0.3, -0.25) is 9.69 Å². The maximum atomic E-state index is 12.8. The molecule has 0 bridgehead atoms. The summed E-state index contributed by atoms with van der Waals surface area (Å²) in [5.74, 6) is 0.653. The van der Waals surface area contributed by atoms with Crippen molar-refractivity contribution in [3.05, 3.63) is 29.8 Å².